The maximum Gasteiger partial charge on any atom is 0.128 e. The molecule has 2 heterocycles. The number of hydrogen-bond acceptors (Lipinski definition) is 4. The predicted octanol–water partition coefficient (Wildman–Crippen LogP) is 5.97. The molecular formula is C23H26BrClN4O. The van der Waals surface area contributed by atoms with Crippen molar-refractivity contribution in [3.8, 4) is 17.0 Å². The van der Waals surface area contributed by atoms with Gasteiger partial charge in [0.15, 0.2) is 0 Å². The number of aromatic nitrogens is 2. The largest absolute Gasteiger partial charge is 0.493 e. The lowest BCUT2D eigenvalue weighted by atomic mass is 9.98. The van der Waals surface area contributed by atoms with Gasteiger partial charge in [-0.15, -0.1) is 0 Å². The van der Waals surface area contributed by atoms with Crippen molar-refractivity contribution in [2.75, 3.05) is 32.1 Å². The number of aryl methyl sites for hydroxylation is 1. The van der Waals surface area contributed by atoms with Crippen LogP contribution >= 0.6 is 27.5 Å². The van der Waals surface area contributed by atoms with Crippen LogP contribution in [0.4, 0.5) is 11.4 Å². The number of anilines is 2. The van der Waals surface area contributed by atoms with Crippen molar-refractivity contribution in [1.82, 2.24) is 14.7 Å². The molecule has 1 N–H and O–H groups in total. The summed E-state index contributed by atoms with van der Waals surface area (Å²) in [7, 11) is 4.13. The second-order valence-corrected chi connectivity index (χ2v) is 9.16. The Morgan fingerprint density at radius 1 is 1.10 bits per heavy atom. The normalized spacial score (nSPS) is 15.3. The second kappa shape index (κ2) is 9.41. The van der Waals surface area contributed by atoms with Gasteiger partial charge in [-0.25, -0.2) is 0 Å². The van der Waals surface area contributed by atoms with E-state index < -0.39 is 0 Å². The molecular weight excluding hydrogens is 464 g/mol. The minimum absolute atomic E-state index is 0.593. The van der Waals surface area contributed by atoms with Gasteiger partial charge in [0.1, 0.15) is 5.75 Å². The fourth-order valence-electron chi connectivity index (χ4n) is 3.77. The molecule has 0 saturated carbocycles. The van der Waals surface area contributed by atoms with Gasteiger partial charge in [0.05, 0.1) is 23.0 Å². The van der Waals surface area contributed by atoms with Crippen LogP contribution in [0.1, 0.15) is 12.8 Å². The summed E-state index contributed by atoms with van der Waals surface area (Å²) >= 11 is 9.65. The fourth-order valence-corrected chi connectivity index (χ4v) is 4.46. The van der Waals surface area contributed by atoms with E-state index in [2.05, 4.69) is 44.4 Å². The van der Waals surface area contributed by atoms with Crippen LogP contribution in [0.5, 0.6) is 5.75 Å². The summed E-state index contributed by atoms with van der Waals surface area (Å²) in [6.07, 6.45) is 4.17. The third-order valence-corrected chi connectivity index (χ3v) is 6.41. The number of nitrogens with one attached hydrogen (secondary N) is 1. The average molecular weight is 490 g/mol. The van der Waals surface area contributed by atoms with Gasteiger partial charge in [-0.1, -0.05) is 11.6 Å². The first-order valence-corrected chi connectivity index (χ1v) is 11.3. The molecule has 1 saturated heterocycles. The number of halogens is 2. The summed E-state index contributed by atoms with van der Waals surface area (Å²) in [5.74, 6) is 1.47. The molecule has 0 bridgehead atoms. The SMILES string of the molecule is CN1CCC(COc2ccc(Nc3ccc(Cl)cc3)cc2-c2c(Br)cnn2C)CC1. The summed E-state index contributed by atoms with van der Waals surface area (Å²) < 4.78 is 9.15. The Kier molecular flexibility index (Phi) is 6.66. The Balaban J connectivity index is 1.59. The van der Waals surface area contributed by atoms with E-state index in [1.54, 1.807) is 0 Å². The number of piperidine rings is 1. The minimum atomic E-state index is 0.593. The van der Waals surface area contributed by atoms with Crippen molar-refractivity contribution in [3.63, 3.8) is 0 Å². The molecule has 5 nitrogen and oxygen atoms in total. The minimum Gasteiger partial charge on any atom is -0.493 e. The molecule has 30 heavy (non-hydrogen) atoms. The Labute approximate surface area is 191 Å². The highest BCUT2D eigenvalue weighted by molar-refractivity contribution is 9.10. The molecule has 1 aliphatic rings. The topological polar surface area (TPSA) is 42.3 Å². The quantitative estimate of drug-likeness (QED) is 0.463. The zero-order valence-corrected chi connectivity index (χ0v) is 19.6. The molecule has 158 valence electrons. The Morgan fingerprint density at radius 3 is 2.47 bits per heavy atom. The summed E-state index contributed by atoms with van der Waals surface area (Å²) in [5.41, 5.74) is 3.96. The highest BCUT2D eigenvalue weighted by atomic mass is 79.9. The first-order valence-electron chi connectivity index (χ1n) is 10.2. The molecule has 4 rings (SSSR count). The molecule has 0 atom stereocenters. The van der Waals surface area contributed by atoms with Gasteiger partial charge in [0, 0.05) is 29.0 Å². The number of rotatable bonds is 6. The zero-order valence-electron chi connectivity index (χ0n) is 17.2. The van der Waals surface area contributed by atoms with Gasteiger partial charge in [-0.3, -0.25) is 4.68 Å². The molecule has 1 fully saturated rings. The van der Waals surface area contributed by atoms with Crippen LogP contribution in [0.2, 0.25) is 5.02 Å². The van der Waals surface area contributed by atoms with E-state index in [1.165, 1.54) is 12.8 Å². The van der Waals surface area contributed by atoms with Crippen molar-refractivity contribution >= 4 is 38.9 Å². The zero-order chi connectivity index (χ0) is 21.1. The summed E-state index contributed by atoms with van der Waals surface area (Å²) in [6, 6.07) is 13.9. The smallest absolute Gasteiger partial charge is 0.128 e. The number of nitrogens with zero attached hydrogens (tertiary/aromatic N) is 3. The third-order valence-electron chi connectivity index (χ3n) is 5.57. The van der Waals surface area contributed by atoms with Crippen LogP contribution in [0.25, 0.3) is 11.3 Å². The predicted molar refractivity (Wildman–Crippen MR) is 127 cm³/mol. The van der Waals surface area contributed by atoms with Gasteiger partial charge in [-0.05, 0) is 97.3 Å². The Morgan fingerprint density at radius 2 is 1.80 bits per heavy atom. The van der Waals surface area contributed by atoms with Gasteiger partial charge in [0.25, 0.3) is 0 Å². The van der Waals surface area contributed by atoms with Gasteiger partial charge < -0.3 is 15.0 Å². The molecule has 1 aliphatic heterocycles. The third kappa shape index (κ3) is 4.99. The van der Waals surface area contributed by atoms with E-state index >= 15 is 0 Å². The van der Waals surface area contributed by atoms with Crippen molar-refractivity contribution in [1.29, 1.82) is 0 Å². The maximum atomic E-state index is 6.34. The molecule has 0 spiro atoms. The van der Waals surface area contributed by atoms with Crippen LogP contribution in [-0.4, -0.2) is 41.4 Å². The molecule has 0 radical (unpaired) electrons. The van der Waals surface area contributed by atoms with Crippen molar-refractivity contribution in [2.24, 2.45) is 13.0 Å². The van der Waals surface area contributed by atoms with Crippen LogP contribution in [0.15, 0.2) is 53.1 Å². The van der Waals surface area contributed by atoms with E-state index in [4.69, 9.17) is 16.3 Å². The highest BCUT2D eigenvalue weighted by Crippen LogP contribution is 2.37. The number of hydrogen-bond donors (Lipinski definition) is 1. The lowest BCUT2D eigenvalue weighted by Gasteiger charge is -2.29. The summed E-state index contributed by atoms with van der Waals surface area (Å²) in [4.78, 5) is 2.38. The first kappa shape index (κ1) is 21.2. The van der Waals surface area contributed by atoms with Crippen LogP contribution in [-0.2, 0) is 7.05 Å². The molecule has 7 heteroatoms. The van der Waals surface area contributed by atoms with Crippen LogP contribution in [0, 0.1) is 5.92 Å². The van der Waals surface area contributed by atoms with Crippen LogP contribution in [0.3, 0.4) is 0 Å². The van der Waals surface area contributed by atoms with E-state index in [0.29, 0.717) is 5.92 Å². The molecule has 0 unspecified atom stereocenters. The average Bonchev–Trinajstić information content (AvgIpc) is 3.08. The van der Waals surface area contributed by atoms with E-state index in [1.807, 2.05) is 54.3 Å². The number of benzene rings is 2. The van der Waals surface area contributed by atoms with Crippen molar-refractivity contribution in [2.45, 2.75) is 12.8 Å². The summed E-state index contributed by atoms with van der Waals surface area (Å²) in [6.45, 7) is 3.01. The number of ether oxygens (including phenoxy) is 1. The molecule has 1 aromatic heterocycles. The molecule has 0 aliphatic carbocycles. The van der Waals surface area contributed by atoms with E-state index in [-0.39, 0.29) is 0 Å². The van der Waals surface area contributed by atoms with Crippen molar-refractivity contribution in [3.05, 3.63) is 58.2 Å². The standard InChI is InChI=1S/C23H26BrClN4O/c1-28-11-9-16(10-12-28)15-30-22-8-7-19(27-18-5-3-17(25)4-6-18)13-20(22)23-21(24)14-26-29(23)2/h3-8,13-14,16,27H,9-12,15H2,1-2H3. The van der Waals surface area contributed by atoms with Gasteiger partial charge in [0.2, 0.25) is 0 Å². The Hall–Kier alpha value is -2.02. The first-order chi connectivity index (χ1) is 14.5. The summed E-state index contributed by atoms with van der Waals surface area (Å²) in [5, 5.41) is 8.55. The van der Waals surface area contributed by atoms with Crippen LogP contribution < -0.4 is 10.1 Å². The molecule has 3 aromatic rings. The fraction of sp³-hybridized carbons (Fsp3) is 0.348. The van der Waals surface area contributed by atoms with E-state index in [0.717, 1.165) is 57.6 Å². The Bertz CT molecular complexity index is 977. The molecule has 2 aromatic carbocycles. The molecule has 0 amide bonds. The lowest BCUT2D eigenvalue weighted by molar-refractivity contribution is 0.160. The second-order valence-electron chi connectivity index (χ2n) is 7.87. The van der Waals surface area contributed by atoms with Crippen molar-refractivity contribution < 1.29 is 4.74 Å². The van der Waals surface area contributed by atoms with Gasteiger partial charge >= 0.3 is 0 Å². The number of likely N-dealkylation sites (tertiary alicyclic amines) is 1. The maximum absolute atomic E-state index is 6.34. The highest BCUT2D eigenvalue weighted by Gasteiger charge is 2.20. The monoisotopic (exact) mass is 488 g/mol. The lowest BCUT2D eigenvalue weighted by Crippen LogP contribution is -2.32. The van der Waals surface area contributed by atoms with Gasteiger partial charge in [-0.2, -0.15) is 5.10 Å². The van der Waals surface area contributed by atoms with E-state index in [9.17, 15) is 0 Å².